The van der Waals surface area contributed by atoms with Crippen LogP contribution in [0.4, 0.5) is 11.4 Å². The summed E-state index contributed by atoms with van der Waals surface area (Å²) in [6.45, 7) is 5.01. The largest absolute Gasteiger partial charge is 0.379 e. The van der Waals surface area contributed by atoms with E-state index in [9.17, 15) is 19.2 Å². The van der Waals surface area contributed by atoms with Gasteiger partial charge in [-0.3, -0.25) is 24.5 Å². The Morgan fingerprint density at radius 2 is 1.76 bits per heavy atom. The van der Waals surface area contributed by atoms with Gasteiger partial charge in [-0.1, -0.05) is 24.3 Å². The normalized spacial score (nSPS) is 24.3. The van der Waals surface area contributed by atoms with E-state index in [4.69, 9.17) is 0 Å². The van der Waals surface area contributed by atoms with Gasteiger partial charge in [-0.25, -0.2) is 4.68 Å². The predicted molar refractivity (Wildman–Crippen MR) is 178 cm³/mol. The third kappa shape index (κ3) is 5.84. The maximum atomic E-state index is 13.4. The minimum Gasteiger partial charge on any atom is -0.379 e. The lowest BCUT2D eigenvalue weighted by atomic mass is 9.72. The summed E-state index contributed by atoms with van der Waals surface area (Å²) >= 11 is 3.42. The number of hydrogen-bond acceptors (Lipinski definition) is 8. The van der Waals surface area contributed by atoms with Crippen LogP contribution in [-0.2, 0) is 16.6 Å². The molecule has 11 nitrogen and oxygen atoms in total. The summed E-state index contributed by atoms with van der Waals surface area (Å²) in [7, 11) is 3.73. The number of carbonyl (C=O) groups excluding carboxylic acids is 3. The highest BCUT2D eigenvalue weighted by atomic mass is 79.9. The first kappa shape index (κ1) is 30.6. The number of aromatic nitrogens is 2. The Morgan fingerprint density at radius 1 is 1.00 bits per heavy atom. The molecule has 0 radical (unpaired) electrons. The van der Waals surface area contributed by atoms with Crippen LogP contribution in [0, 0.1) is 5.41 Å². The van der Waals surface area contributed by atoms with E-state index >= 15 is 0 Å². The van der Waals surface area contributed by atoms with Gasteiger partial charge in [0.1, 0.15) is 4.47 Å². The first-order valence-electron chi connectivity index (χ1n) is 15.8. The zero-order valence-corrected chi connectivity index (χ0v) is 27.6. The number of benzene rings is 2. The van der Waals surface area contributed by atoms with E-state index in [1.54, 1.807) is 13.2 Å². The van der Waals surface area contributed by atoms with Gasteiger partial charge in [0.2, 0.25) is 11.8 Å². The van der Waals surface area contributed by atoms with Crippen LogP contribution in [-0.4, -0.2) is 89.7 Å². The molecular weight excluding hydrogens is 650 g/mol. The lowest BCUT2D eigenvalue weighted by molar-refractivity contribution is -0.134. The van der Waals surface area contributed by atoms with E-state index in [1.807, 2.05) is 29.2 Å². The molecule has 7 rings (SSSR count). The Labute approximate surface area is 276 Å². The number of likely N-dealkylation sites (tertiary alicyclic amines) is 2. The smallest absolute Gasteiger partial charge is 0.282 e. The molecule has 1 spiro atoms. The van der Waals surface area contributed by atoms with Gasteiger partial charge < -0.3 is 20.0 Å². The Morgan fingerprint density at radius 3 is 2.50 bits per heavy atom. The summed E-state index contributed by atoms with van der Waals surface area (Å²) in [4.78, 5) is 56.1. The van der Waals surface area contributed by atoms with Crippen LogP contribution in [0.5, 0.6) is 0 Å². The highest BCUT2D eigenvalue weighted by molar-refractivity contribution is 9.10. The molecule has 3 amide bonds. The summed E-state index contributed by atoms with van der Waals surface area (Å²) in [5.41, 5.74) is 4.57. The third-order valence-electron chi connectivity index (χ3n) is 9.97. The summed E-state index contributed by atoms with van der Waals surface area (Å²) in [5.74, 6) is -0.351. The molecular formula is C34H38BrN7O4. The van der Waals surface area contributed by atoms with Crippen LogP contribution >= 0.6 is 15.9 Å². The van der Waals surface area contributed by atoms with Crippen molar-refractivity contribution in [3.05, 3.63) is 86.2 Å². The lowest BCUT2D eigenvalue weighted by Crippen LogP contribution is -2.73. The molecule has 4 saturated heterocycles. The van der Waals surface area contributed by atoms with Crippen molar-refractivity contribution in [1.29, 1.82) is 0 Å². The standard InChI is InChI=1S/C34H38BrN7O4/c1-39-15-24(12-25(16-39)37-28-14-36-40(2)33(46)30(28)35)21-6-8-22(9-7-21)32(45)42-19-34(20-42)17-41(18-34)26-5-3-4-23(13-26)27-10-11-29(43)38-31(27)44/h3-9,13-14,24-25,27,37H,10-12,15-20H2,1-2H3,(H,38,43,44)/t24-,25+,27?/m0/s1. The molecule has 12 heteroatoms. The maximum absolute atomic E-state index is 13.4. The average Bonchev–Trinajstić information content (AvgIpc) is 3.00. The van der Waals surface area contributed by atoms with E-state index < -0.39 is 0 Å². The highest BCUT2D eigenvalue weighted by Crippen LogP contribution is 2.43. The zero-order chi connectivity index (χ0) is 32.2. The predicted octanol–water partition coefficient (Wildman–Crippen LogP) is 2.93. The number of carbonyl (C=O) groups is 3. The summed E-state index contributed by atoms with van der Waals surface area (Å²) in [5, 5.41) is 10.1. The SMILES string of the molecule is CN1C[C@H](Nc2cnn(C)c(=O)c2Br)C[C@H](c2ccc(C(=O)N3CC4(C3)CN(c3cccc(C5CCC(=O)NC5=O)c3)C4)cc2)C1. The first-order chi connectivity index (χ1) is 22.1. The second-order valence-corrected chi connectivity index (χ2v) is 14.3. The van der Waals surface area contributed by atoms with Crippen molar-refractivity contribution in [3.8, 4) is 0 Å². The number of likely N-dealkylation sites (N-methyl/N-ethyl adjacent to an activating group) is 1. The van der Waals surface area contributed by atoms with E-state index in [0.29, 0.717) is 34.5 Å². The Hall–Kier alpha value is -4.03. The molecule has 3 atom stereocenters. The van der Waals surface area contributed by atoms with Gasteiger partial charge >= 0.3 is 0 Å². The summed E-state index contributed by atoms with van der Waals surface area (Å²) in [6, 6.07) is 16.3. The number of anilines is 2. The molecule has 4 fully saturated rings. The second kappa shape index (κ2) is 12.0. The molecule has 2 aromatic carbocycles. The van der Waals surface area contributed by atoms with Crippen molar-refractivity contribution in [2.45, 2.75) is 37.1 Å². The number of aryl methyl sites for hydroxylation is 1. The van der Waals surface area contributed by atoms with Crippen LogP contribution in [0.15, 0.2) is 64.0 Å². The second-order valence-electron chi connectivity index (χ2n) is 13.5. The molecule has 0 bridgehead atoms. The number of piperidine rings is 2. The lowest BCUT2D eigenvalue weighted by Gasteiger charge is -2.61. The van der Waals surface area contributed by atoms with Crippen molar-refractivity contribution < 1.29 is 14.4 Å². The number of halogens is 1. The highest BCUT2D eigenvalue weighted by Gasteiger charge is 2.53. The van der Waals surface area contributed by atoms with Gasteiger partial charge in [0.05, 0.1) is 17.8 Å². The molecule has 4 aliphatic rings. The van der Waals surface area contributed by atoms with Crippen molar-refractivity contribution in [2.75, 3.05) is 56.5 Å². The zero-order valence-electron chi connectivity index (χ0n) is 26.0. The van der Waals surface area contributed by atoms with Gasteiger partial charge in [-0.2, -0.15) is 5.10 Å². The molecule has 0 saturated carbocycles. The van der Waals surface area contributed by atoms with Crippen LogP contribution in [0.3, 0.4) is 0 Å². The number of amides is 3. The van der Waals surface area contributed by atoms with Crippen molar-refractivity contribution in [3.63, 3.8) is 0 Å². The monoisotopic (exact) mass is 687 g/mol. The molecule has 46 heavy (non-hydrogen) atoms. The third-order valence-corrected chi connectivity index (χ3v) is 10.7. The van der Waals surface area contributed by atoms with Crippen molar-refractivity contribution in [1.82, 2.24) is 24.9 Å². The quantitative estimate of drug-likeness (QED) is 0.380. The Bertz CT molecular complexity index is 1740. The van der Waals surface area contributed by atoms with Crippen LogP contribution in [0.25, 0.3) is 0 Å². The molecule has 2 N–H and O–H groups in total. The minimum atomic E-state index is -0.292. The number of hydrogen-bond donors (Lipinski definition) is 2. The van der Waals surface area contributed by atoms with Gasteiger partial charge in [0.15, 0.2) is 0 Å². The fourth-order valence-corrected chi connectivity index (χ4v) is 8.05. The molecule has 4 aliphatic heterocycles. The molecule has 0 aliphatic carbocycles. The first-order valence-corrected chi connectivity index (χ1v) is 16.6. The number of imide groups is 1. The average molecular weight is 689 g/mol. The van der Waals surface area contributed by atoms with E-state index in [2.05, 4.69) is 72.8 Å². The molecule has 3 aromatic rings. The van der Waals surface area contributed by atoms with E-state index in [1.165, 1.54) is 10.2 Å². The van der Waals surface area contributed by atoms with E-state index in [-0.39, 0.29) is 40.7 Å². The molecule has 1 aromatic heterocycles. The summed E-state index contributed by atoms with van der Waals surface area (Å²) in [6.07, 6.45) is 3.49. The fourth-order valence-electron chi connectivity index (χ4n) is 7.58. The van der Waals surface area contributed by atoms with Crippen LogP contribution in [0.2, 0.25) is 0 Å². The van der Waals surface area contributed by atoms with Gasteiger partial charge in [-0.15, -0.1) is 0 Å². The number of nitrogens with zero attached hydrogens (tertiary/aromatic N) is 5. The van der Waals surface area contributed by atoms with Crippen molar-refractivity contribution >= 4 is 45.0 Å². The number of rotatable bonds is 6. The molecule has 5 heterocycles. The minimum absolute atomic E-state index is 0.0683. The summed E-state index contributed by atoms with van der Waals surface area (Å²) < 4.78 is 1.79. The van der Waals surface area contributed by atoms with Crippen LogP contribution in [0.1, 0.15) is 52.6 Å². The number of nitrogens with one attached hydrogen (secondary N) is 2. The van der Waals surface area contributed by atoms with Crippen molar-refractivity contribution in [2.24, 2.45) is 12.5 Å². The van der Waals surface area contributed by atoms with Gasteiger partial charge in [0.25, 0.3) is 11.5 Å². The molecule has 1 unspecified atom stereocenters. The Kier molecular flexibility index (Phi) is 7.96. The fraction of sp³-hybridized carbons (Fsp3) is 0.441. The van der Waals surface area contributed by atoms with Gasteiger partial charge in [-0.05, 0) is 77.1 Å². The van der Waals surface area contributed by atoms with E-state index in [0.717, 1.165) is 56.9 Å². The maximum Gasteiger partial charge on any atom is 0.282 e. The topological polar surface area (TPSA) is 120 Å². The Balaban J connectivity index is 0.929. The van der Waals surface area contributed by atoms with Gasteiger partial charge in [0, 0.05) is 75.4 Å². The van der Waals surface area contributed by atoms with Crippen LogP contribution < -0.4 is 21.1 Å². The molecule has 240 valence electrons.